The van der Waals surface area contributed by atoms with Crippen LogP contribution in [0.2, 0.25) is 10.0 Å². The fourth-order valence-electron chi connectivity index (χ4n) is 2.34. The van der Waals surface area contributed by atoms with E-state index in [1.807, 2.05) is 18.2 Å². The number of likely N-dealkylation sites (tertiary alicyclic amines) is 1. The molecule has 0 spiro atoms. The first kappa shape index (κ1) is 13.2. The summed E-state index contributed by atoms with van der Waals surface area (Å²) in [6.07, 6.45) is 2.29. The lowest BCUT2D eigenvalue weighted by atomic mass is 9.98. The normalized spacial score (nSPS) is 21.7. The van der Waals surface area contributed by atoms with Gasteiger partial charge in [0.05, 0.1) is 10.0 Å². The van der Waals surface area contributed by atoms with Crippen molar-refractivity contribution in [1.82, 2.24) is 4.90 Å². The molecule has 1 heterocycles. The second-order valence-electron chi connectivity index (χ2n) is 4.67. The fraction of sp³-hybridized carbons (Fsp3) is 0.538. The Morgan fingerprint density at radius 1 is 1.29 bits per heavy atom. The molecule has 0 aromatic heterocycles. The number of nitrogens with zero attached hydrogens (tertiary/aromatic N) is 1. The molecule has 1 atom stereocenters. The summed E-state index contributed by atoms with van der Waals surface area (Å²) in [7, 11) is 0. The Morgan fingerprint density at radius 3 is 2.82 bits per heavy atom. The molecule has 0 aliphatic carbocycles. The molecule has 4 heteroatoms. The fourth-order valence-corrected chi connectivity index (χ4v) is 2.66. The number of benzene rings is 1. The summed E-state index contributed by atoms with van der Waals surface area (Å²) in [5, 5.41) is 10.4. The van der Waals surface area contributed by atoms with E-state index in [1.165, 1.54) is 5.56 Å². The van der Waals surface area contributed by atoms with Gasteiger partial charge in [0.25, 0.3) is 0 Å². The summed E-state index contributed by atoms with van der Waals surface area (Å²) in [6, 6.07) is 5.77. The van der Waals surface area contributed by atoms with E-state index < -0.39 is 0 Å². The van der Waals surface area contributed by atoms with Crippen molar-refractivity contribution in [1.29, 1.82) is 0 Å². The summed E-state index contributed by atoms with van der Waals surface area (Å²) >= 11 is 11.9. The highest BCUT2D eigenvalue weighted by Crippen LogP contribution is 2.24. The molecule has 2 nitrogen and oxygen atoms in total. The minimum absolute atomic E-state index is 0.290. The molecule has 0 unspecified atom stereocenters. The third-order valence-corrected chi connectivity index (χ3v) is 3.99. The Kier molecular flexibility index (Phi) is 4.69. The number of aliphatic hydroxyl groups is 1. The molecule has 2 rings (SSSR count). The zero-order chi connectivity index (χ0) is 12.3. The molecule has 17 heavy (non-hydrogen) atoms. The molecule has 0 saturated carbocycles. The second-order valence-corrected chi connectivity index (χ2v) is 5.49. The first-order valence-corrected chi connectivity index (χ1v) is 6.72. The lowest BCUT2D eigenvalue weighted by molar-refractivity contribution is 0.116. The molecule has 1 aromatic carbocycles. The smallest absolute Gasteiger partial charge is 0.0595 e. The summed E-state index contributed by atoms with van der Waals surface area (Å²) < 4.78 is 0. The van der Waals surface area contributed by atoms with Crippen LogP contribution in [0.25, 0.3) is 0 Å². The first-order valence-electron chi connectivity index (χ1n) is 5.96. The van der Waals surface area contributed by atoms with Crippen LogP contribution in [0.3, 0.4) is 0 Å². The Labute approximate surface area is 112 Å². The third kappa shape index (κ3) is 3.59. The summed E-state index contributed by atoms with van der Waals surface area (Å²) in [6.45, 7) is 3.23. The Balaban J connectivity index is 1.97. The van der Waals surface area contributed by atoms with Crippen molar-refractivity contribution in [2.75, 3.05) is 19.7 Å². The minimum atomic E-state index is 0.290. The van der Waals surface area contributed by atoms with E-state index in [-0.39, 0.29) is 6.61 Å². The average molecular weight is 274 g/mol. The third-order valence-electron chi connectivity index (χ3n) is 3.25. The van der Waals surface area contributed by atoms with E-state index in [1.54, 1.807) is 0 Å². The maximum atomic E-state index is 9.19. The highest BCUT2D eigenvalue weighted by Gasteiger charge is 2.19. The van der Waals surface area contributed by atoms with Crippen LogP contribution in [0.4, 0.5) is 0 Å². The van der Waals surface area contributed by atoms with Crippen LogP contribution in [-0.2, 0) is 6.54 Å². The van der Waals surface area contributed by atoms with Gasteiger partial charge in [0, 0.05) is 19.7 Å². The predicted molar refractivity (Wildman–Crippen MR) is 71.5 cm³/mol. The highest BCUT2D eigenvalue weighted by molar-refractivity contribution is 6.42. The largest absolute Gasteiger partial charge is 0.396 e. The number of hydrogen-bond acceptors (Lipinski definition) is 2. The van der Waals surface area contributed by atoms with Crippen LogP contribution in [-0.4, -0.2) is 29.7 Å². The molecule has 0 amide bonds. The van der Waals surface area contributed by atoms with Crippen molar-refractivity contribution in [2.45, 2.75) is 19.4 Å². The number of rotatable bonds is 3. The molecule has 1 aromatic rings. The molecular formula is C13H17Cl2NO. The number of piperidine rings is 1. The van der Waals surface area contributed by atoms with Crippen LogP contribution < -0.4 is 0 Å². The highest BCUT2D eigenvalue weighted by atomic mass is 35.5. The summed E-state index contributed by atoms with van der Waals surface area (Å²) in [5.74, 6) is 0.423. The van der Waals surface area contributed by atoms with E-state index in [0.29, 0.717) is 16.0 Å². The molecule has 0 radical (unpaired) electrons. The molecule has 1 fully saturated rings. The molecule has 0 bridgehead atoms. The van der Waals surface area contributed by atoms with Crippen molar-refractivity contribution in [3.05, 3.63) is 33.8 Å². The number of aliphatic hydroxyl groups excluding tert-OH is 1. The van der Waals surface area contributed by atoms with Gasteiger partial charge in [-0.15, -0.1) is 0 Å². The maximum Gasteiger partial charge on any atom is 0.0595 e. The van der Waals surface area contributed by atoms with Crippen LogP contribution in [0, 0.1) is 5.92 Å². The van der Waals surface area contributed by atoms with E-state index in [9.17, 15) is 5.11 Å². The minimum Gasteiger partial charge on any atom is -0.396 e. The van der Waals surface area contributed by atoms with Crippen molar-refractivity contribution in [3.8, 4) is 0 Å². The Bertz CT molecular complexity index is 384. The molecular weight excluding hydrogens is 257 g/mol. The average Bonchev–Trinajstić information content (AvgIpc) is 2.34. The van der Waals surface area contributed by atoms with Gasteiger partial charge in [0.15, 0.2) is 0 Å². The van der Waals surface area contributed by atoms with Gasteiger partial charge >= 0.3 is 0 Å². The lowest BCUT2D eigenvalue weighted by Gasteiger charge is -2.31. The van der Waals surface area contributed by atoms with Gasteiger partial charge in [-0.3, -0.25) is 4.90 Å². The van der Waals surface area contributed by atoms with Gasteiger partial charge < -0.3 is 5.11 Å². The van der Waals surface area contributed by atoms with E-state index >= 15 is 0 Å². The number of hydrogen-bond donors (Lipinski definition) is 1. The first-order chi connectivity index (χ1) is 8.19. The van der Waals surface area contributed by atoms with Gasteiger partial charge in [-0.25, -0.2) is 0 Å². The zero-order valence-corrected chi connectivity index (χ0v) is 11.2. The van der Waals surface area contributed by atoms with E-state index in [4.69, 9.17) is 23.2 Å². The van der Waals surface area contributed by atoms with Gasteiger partial charge in [0.1, 0.15) is 0 Å². The summed E-state index contributed by atoms with van der Waals surface area (Å²) in [4.78, 5) is 2.37. The van der Waals surface area contributed by atoms with Gasteiger partial charge in [-0.05, 0) is 43.0 Å². The van der Waals surface area contributed by atoms with Gasteiger partial charge in [-0.2, -0.15) is 0 Å². The molecule has 1 N–H and O–H groups in total. The number of halogens is 2. The van der Waals surface area contributed by atoms with Crippen molar-refractivity contribution in [3.63, 3.8) is 0 Å². The van der Waals surface area contributed by atoms with Gasteiger partial charge in [0.2, 0.25) is 0 Å². The molecule has 1 aliphatic heterocycles. The molecule has 1 saturated heterocycles. The van der Waals surface area contributed by atoms with Gasteiger partial charge in [-0.1, -0.05) is 29.3 Å². The van der Waals surface area contributed by atoms with Crippen LogP contribution in [0.1, 0.15) is 18.4 Å². The van der Waals surface area contributed by atoms with Crippen molar-refractivity contribution < 1.29 is 5.11 Å². The standard InChI is InChI=1S/C13H17Cl2NO/c14-12-4-3-10(6-13(12)15)7-16-5-1-2-11(8-16)9-17/h3-4,6,11,17H,1-2,5,7-9H2/t11-/m0/s1. The monoisotopic (exact) mass is 273 g/mol. The quantitative estimate of drug-likeness (QED) is 0.915. The van der Waals surface area contributed by atoms with Crippen molar-refractivity contribution in [2.24, 2.45) is 5.92 Å². The summed E-state index contributed by atoms with van der Waals surface area (Å²) in [5.41, 5.74) is 1.18. The van der Waals surface area contributed by atoms with Crippen LogP contribution in [0.5, 0.6) is 0 Å². The van der Waals surface area contributed by atoms with Crippen LogP contribution in [0.15, 0.2) is 18.2 Å². The van der Waals surface area contributed by atoms with Crippen molar-refractivity contribution >= 4 is 23.2 Å². The van der Waals surface area contributed by atoms with E-state index in [2.05, 4.69) is 4.90 Å². The SMILES string of the molecule is OC[C@H]1CCCN(Cc2ccc(Cl)c(Cl)c2)C1. The van der Waals surface area contributed by atoms with Crippen LogP contribution >= 0.6 is 23.2 Å². The lowest BCUT2D eigenvalue weighted by Crippen LogP contribution is -2.36. The molecule has 1 aliphatic rings. The Hall–Kier alpha value is -0.280. The maximum absolute atomic E-state index is 9.19. The topological polar surface area (TPSA) is 23.5 Å². The zero-order valence-electron chi connectivity index (χ0n) is 9.70. The van der Waals surface area contributed by atoms with E-state index in [0.717, 1.165) is 32.5 Å². The predicted octanol–water partition coefficient (Wildman–Crippen LogP) is 3.20. The second kappa shape index (κ2) is 6.05. The molecule has 94 valence electrons. The Morgan fingerprint density at radius 2 is 2.12 bits per heavy atom.